The quantitative estimate of drug-likeness (QED) is 0.724. The summed E-state index contributed by atoms with van der Waals surface area (Å²) in [6.07, 6.45) is 0.430. The number of amides is 1. The zero-order chi connectivity index (χ0) is 19.8. The molecule has 1 unspecified atom stereocenters. The first-order valence-corrected chi connectivity index (χ1v) is 12.3. The molecule has 148 valence electrons. The van der Waals surface area contributed by atoms with Crippen LogP contribution in [0.1, 0.15) is 18.2 Å². The number of thiophene rings is 1. The van der Waals surface area contributed by atoms with Crippen molar-refractivity contribution >= 4 is 42.9 Å². The minimum absolute atomic E-state index is 0.0242. The molecule has 12 heteroatoms. The number of rotatable bonds is 6. The Morgan fingerprint density at radius 1 is 1.48 bits per heavy atom. The average molecular weight is 433 g/mol. The molecule has 1 atom stereocenters. The molecule has 0 radical (unpaired) electrons. The highest BCUT2D eigenvalue weighted by Gasteiger charge is 2.31. The zero-order valence-electron chi connectivity index (χ0n) is 14.8. The summed E-state index contributed by atoms with van der Waals surface area (Å²) in [6, 6.07) is 4.40. The summed E-state index contributed by atoms with van der Waals surface area (Å²) in [5, 5.41) is 8.59. The van der Waals surface area contributed by atoms with Gasteiger partial charge >= 0.3 is 0 Å². The van der Waals surface area contributed by atoms with Crippen LogP contribution in [0, 0.1) is 6.92 Å². The van der Waals surface area contributed by atoms with Gasteiger partial charge in [0.2, 0.25) is 5.91 Å². The number of carbonyl (C=O) groups excluding carboxylic acids is 1. The number of aryl methyl sites for hydroxylation is 1. The van der Waals surface area contributed by atoms with Crippen LogP contribution in [-0.2, 0) is 24.7 Å². The molecule has 0 aromatic carbocycles. The Balaban J connectivity index is 1.72. The van der Waals surface area contributed by atoms with Crippen LogP contribution in [0.3, 0.4) is 0 Å². The molecule has 1 aliphatic rings. The average Bonchev–Trinajstić information content (AvgIpc) is 3.27. The van der Waals surface area contributed by atoms with Crippen LogP contribution >= 0.6 is 11.3 Å². The predicted octanol–water partition coefficient (Wildman–Crippen LogP) is 0.872. The summed E-state index contributed by atoms with van der Waals surface area (Å²) in [4.78, 5) is 12.4. The molecule has 0 spiro atoms. The number of likely N-dealkylation sites (N-methyl/N-ethyl adjacent to an activating group) is 1. The fraction of sp³-hybridized carbons (Fsp3) is 0.467. The number of anilines is 1. The second-order valence-corrected chi connectivity index (χ2v) is 11.9. The van der Waals surface area contributed by atoms with Crippen LogP contribution < -0.4 is 5.32 Å². The van der Waals surface area contributed by atoms with E-state index in [1.807, 2.05) is 0 Å². The van der Waals surface area contributed by atoms with E-state index in [1.54, 1.807) is 24.4 Å². The van der Waals surface area contributed by atoms with Gasteiger partial charge in [-0.05, 0) is 24.8 Å². The van der Waals surface area contributed by atoms with E-state index in [-0.39, 0.29) is 28.3 Å². The highest BCUT2D eigenvalue weighted by Crippen LogP contribution is 2.27. The topological polar surface area (TPSA) is 118 Å². The summed E-state index contributed by atoms with van der Waals surface area (Å²) in [5.41, 5.74) is 0.633. The van der Waals surface area contributed by atoms with Gasteiger partial charge in [0.05, 0.1) is 29.8 Å². The molecule has 9 nitrogen and oxygen atoms in total. The molecule has 1 aliphatic heterocycles. The molecule has 1 amide bonds. The largest absolute Gasteiger partial charge is 0.310 e. The van der Waals surface area contributed by atoms with Crippen molar-refractivity contribution in [2.24, 2.45) is 0 Å². The lowest BCUT2D eigenvalue weighted by molar-refractivity contribution is -0.116. The van der Waals surface area contributed by atoms with Gasteiger partial charge < -0.3 is 5.32 Å². The highest BCUT2D eigenvalue weighted by atomic mass is 32.2. The van der Waals surface area contributed by atoms with Gasteiger partial charge in [-0.3, -0.25) is 4.79 Å². The summed E-state index contributed by atoms with van der Waals surface area (Å²) < 4.78 is 50.9. The second-order valence-electron chi connectivity index (χ2n) is 6.41. The van der Waals surface area contributed by atoms with Crippen molar-refractivity contribution in [3.63, 3.8) is 0 Å². The predicted molar refractivity (Wildman–Crippen MR) is 102 cm³/mol. The fourth-order valence-corrected chi connectivity index (χ4v) is 6.91. The molecular formula is C15H20N4O5S3. The molecule has 0 bridgehead atoms. The molecule has 0 aliphatic carbocycles. The monoisotopic (exact) mass is 432 g/mol. The van der Waals surface area contributed by atoms with Gasteiger partial charge in [0.15, 0.2) is 9.84 Å². The third kappa shape index (κ3) is 4.39. The first kappa shape index (κ1) is 20.0. The van der Waals surface area contributed by atoms with Gasteiger partial charge in [0.25, 0.3) is 10.0 Å². The van der Waals surface area contributed by atoms with E-state index in [0.29, 0.717) is 17.9 Å². The molecule has 27 heavy (non-hydrogen) atoms. The van der Waals surface area contributed by atoms with Crippen molar-refractivity contribution in [1.82, 2.24) is 14.1 Å². The molecule has 1 saturated heterocycles. The lowest BCUT2D eigenvalue weighted by Crippen LogP contribution is -2.35. The lowest BCUT2D eigenvalue weighted by atomic mass is 10.3. The molecule has 2 aromatic rings. The number of nitrogens with one attached hydrogen (secondary N) is 1. The van der Waals surface area contributed by atoms with Gasteiger partial charge in [-0.1, -0.05) is 6.07 Å². The van der Waals surface area contributed by atoms with Gasteiger partial charge in [-0.25, -0.2) is 21.5 Å². The van der Waals surface area contributed by atoms with Gasteiger partial charge in [-0.2, -0.15) is 9.40 Å². The van der Waals surface area contributed by atoms with E-state index in [0.717, 1.165) is 15.6 Å². The molecule has 0 saturated carbocycles. The van der Waals surface area contributed by atoms with Crippen molar-refractivity contribution in [2.45, 2.75) is 23.6 Å². The van der Waals surface area contributed by atoms with Crippen molar-refractivity contribution in [2.75, 3.05) is 30.4 Å². The van der Waals surface area contributed by atoms with Gasteiger partial charge in [0, 0.05) is 13.1 Å². The number of sulfone groups is 1. The Hall–Kier alpha value is -1.76. The number of hydrogen-bond acceptors (Lipinski definition) is 7. The maximum atomic E-state index is 12.4. The fourth-order valence-electron chi connectivity index (χ4n) is 2.89. The van der Waals surface area contributed by atoms with Crippen LogP contribution in [0.15, 0.2) is 27.8 Å². The second kappa shape index (κ2) is 7.34. The molecule has 3 rings (SSSR count). The Labute approximate surface area is 162 Å². The summed E-state index contributed by atoms with van der Waals surface area (Å²) in [6.45, 7) is 1.37. The van der Waals surface area contributed by atoms with Crippen LogP contribution in [-0.4, -0.2) is 61.9 Å². The molecule has 1 N–H and O–H groups in total. The van der Waals surface area contributed by atoms with Crippen molar-refractivity contribution in [1.29, 1.82) is 0 Å². The molecule has 2 aromatic heterocycles. The Morgan fingerprint density at radius 2 is 2.22 bits per heavy atom. The van der Waals surface area contributed by atoms with Gasteiger partial charge in [0.1, 0.15) is 10.0 Å². The smallest absolute Gasteiger partial charge is 0.252 e. The number of carbonyl (C=O) groups is 1. The van der Waals surface area contributed by atoms with E-state index in [2.05, 4.69) is 10.4 Å². The normalized spacial score (nSPS) is 19.4. The maximum Gasteiger partial charge on any atom is 0.252 e. The minimum Gasteiger partial charge on any atom is -0.310 e. The third-order valence-electron chi connectivity index (χ3n) is 4.21. The summed E-state index contributed by atoms with van der Waals surface area (Å²) in [7, 11) is -5.50. The molecule has 1 fully saturated rings. The first-order valence-electron chi connectivity index (χ1n) is 8.15. The third-order valence-corrected chi connectivity index (χ3v) is 9.13. The van der Waals surface area contributed by atoms with Gasteiger partial charge in [-0.15, -0.1) is 11.3 Å². The Kier molecular flexibility index (Phi) is 5.43. The summed E-state index contributed by atoms with van der Waals surface area (Å²) >= 11 is 1.08. The SMILES string of the molecule is Cc1cc(NC(=O)CN(C)S(=O)(=O)c2cccs2)n(C2CCS(=O)(=O)C2)n1. The van der Waals surface area contributed by atoms with E-state index in [4.69, 9.17) is 0 Å². The van der Waals surface area contributed by atoms with E-state index in [9.17, 15) is 21.6 Å². The standard InChI is InChI=1S/C15H20N4O5S3/c1-11-8-13(19(17-11)12-5-7-26(21,22)10-12)16-14(20)9-18(2)27(23,24)15-4-3-6-25-15/h3-4,6,8,12H,5,7,9-10H2,1-2H3,(H,16,20). The van der Waals surface area contributed by atoms with Crippen molar-refractivity contribution < 1.29 is 21.6 Å². The molecular weight excluding hydrogens is 412 g/mol. The Morgan fingerprint density at radius 3 is 2.81 bits per heavy atom. The van der Waals surface area contributed by atoms with Crippen LogP contribution in [0.25, 0.3) is 0 Å². The van der Waals surface area contributed by atoms with Crippen molar-refractivity contribution in [3.8, 4) is 0 Å². The maximum absolute atomic E-state index is 12.4. The first-order chi connectivity index (χ1) is 12.6. The van der Waals surface area contributed by atoms with Crippen molar-refractivity contribution in [3.05, 3.63) is 29.3 Å². The summed E-state index contributed by atoms with van der Waals surface area (Å²) in [5.74, 6) is -0.101. The lowest BCUT2D eigenvalue weighted by Gasteiger charge is -2.17. The minimum atomic E-state index is -3.73. The number of nitrogens with zero attached hydrogens (tertiary/aromatic N) is 3. The van der Waals surface area contributed by atoms with Crippen LogP contribution in [0.4, 0.5) is 5.82 Å². The van der Waals surface area contributed by atoms with Crippen LogP contribution in [0.2, 0.25) is 0 Å². The number of aromatic nitrogens is 2. The zero-order valence-corrected chi connectivity index (χ0v) is 17.3. The molecule has 3 heterocycles. The highest BCUT2D eigenvalue weighted by molar-refractivity contribution is 7.91. The van der Waals surface area contributed by atoms with Crippen LogP contribution in [0.5, 0.6) is 0 Å². The van der Waals surface area contributed by atoms with E-state index in [1.165, 1.54) is 17.8 Å². The van der Waals surface area contributed by atoms with E-state index < -0.39 is 25.8 Å². The van der Waals surface area contributed by atoms with E-state index >= 15 is 0 Å². The Bertz CT molecular complexity index is 1040. The number of sulfonamides is 1. The number of hydrogen-bond donors (Lipinski definition) is 1.